The topological polar surface area (TPSA) is 23.5 Å². The largest absolute Gasteiger partial charge is 0.395 e. The molecule has 0 aliphatic heterocycles. The highest BCUT2D eigenvalue weighted by Gasteiger charge is 2.07. The number of unbranched alkanes of at least 4 members (excludes halogenated alkanes) is 6. The molecule has 1 N–H and O–H groups in total. The maximum absolute atomic E-state index is 8.94. The normalized spacial score (nSPS) is 11.6. The summed E-state index contributed by atoms with van der Waals surface area (Å²) in [7, 11) is 0. The van der Waals surface area contributed by atoms with Gasteiger partial charge in [0, 0.05) is 12.6 Å². The maximum Gasteiger partial charge on any atom is 0.0558 e. The van der Waals surface area contributed by atoms with Gasteiger partial charge in [0.25, 0.3) is 0 Å². The third kappa shape index (κ3) is 9.17. The Kier molecular flexibility index (Phi) is 11.3. The van der Waals surface area contributed by atoms with E-state index in [0.717, 1.165) is 13.1 Å². The van der Waals surface area contributed by atoms with Gasteiger partial charge in [-0.05, 0) is 26.8 Å². The molecule has 98 valence electrons. The molecule has 0 amide bonds. The van der Waals surface area contributed by atoms with Gasteiger partial charge < -0.3 is 5.11 Å². The average Bonchev–Trinajstić information content (AvgIpc) is 2.26. The van der Waals surface area contributed by atoms with E-state index < -0.39 is 0 Å². The van der Waals surface area contributed by atoms with Gasteiger partial charge in [0.15, 0.2) is 0 Å². The molecule has 0 saturated heterocycles. The summed E-state index contributed by atoms with van der Waals surface area (Å²) in [6.07, 6.45) is 9.53. The van der Waals surface area contributed by atoms with Crippen molar-refractivity contribution >= 4 is 0 Å². The molecule has 0 aliphatic carbocycles. The van der Waals surface area contributed by atoms with E-state index in [1.807, 2.05) is 0 Å². The lowest BCUT2D eigenvalue weighted by molar-refractivity contribution is 0.163. The summed E-state index contributed by atoms with van der Waals surface area (Å²) in [6.45, 7) is 8.93. The van der Waals surface area contributed by atoms with Gasteiger partial charge in [-0.2, -0.15) is 0 Å². The molecule has 0 atom stereocenters. The van der Waals surface area contributed by atoms with Gasteiger partial charge in [-0.15, -0.1) is 0 Å². The minimum atomic E-state index is 0.286. The Morgan fingerprint density at radius 1 is 0.875 bits per heavy atom. The fourth-order valence-electron chi connectivity index (χ4n) is 2.03. The third-order valence-electron chi connectivity index (χ3n) is 3.17. The van der Waals surface area contributed by atoms with Crippen LogP contribution in [-0.2, 0) is 0 Å². The fraction of sp³-hybridized carbons (Fsp3) is 1.00. The molecule has 0 unspecified atom stereocenters. The van der Waals surface area contributed by atoms with Gasteiger partial charge >= 0.3 is 0 Å². The minimum Gasteiger partial charge on any atom is -0.395 e. The second-order valence-electron chi connectivity index (χ2n) is 4.97. The van der Waals surface area contributed by atoms with Crippen LogP contribution in [0.25, 0.3) is 0 Å². The smallest absolute Gasteiger partial charge is 0.0558 e. The number of hydrogen-bond donors (Lipinski definition) is 1. The molecule has 0 bridgehead atoms. The molecule has 0 aromatic carbocycles. The zero-order chi connectivity index (χ0) is 12.2. The molecular formula is C14H31NO. The molecule has 0 radical (unpaired) electrons. The number of aliphatic hydroxyl groups is 1. The molecular weight excluding hydrogens is 198 g/mol. The van der Waals surface area contributed by atoms with Crippen LogP contribution in [-0.4, -0.2) is 35.7 Å². The minimum absolute atomic E-state index is 0.286. The fourth-order valence-corrected chi connectivity index (χ4v) is 2.03. The van der Waals surface area contributed by atoms with Crippen molar-refractivity contribution in [1.29, 1.82) is 0 Å². The number of hydrogen-bond acceptors (Lipinski definition) is 2. The first-order valence-electron chi connectivity index (χ1n) is 7.07. The lowest BCUT2D eigenvalue weighted by Crippen LogP contribution is -2.34. The molecule has 0 aromatic heterocycles. The van der Waals surface area contributed by atoms with Crippen molar-refractivity contribution in [3.63, 3.8) is 0 Å². The van der Waals surface area contributed by atoms with Gasteiger partial charge in [0.2, 0.25) is 0 Å². The van der Waals surface area contributed by atoms with Crippen molar-refractivity contribution < 1.29 is 5.11 Å². The van der Waals surface area contributed by atoms with Crippen LogP contribution < -0.4 is 0 Å². The molecule has 16 heavy (non-hydrogen) atoms. The molecule has 2 nitrogen and oxygen atoms in total. The van der Waals surface area contributed by atoms with E-state index in [1.54, 1.807) is 0 Å². The van der Waals surface area contributed by atoms with Crippen molar-refractivity contribution in [2.75, 3.05) is 19.7 Å². The number of aliphatic hydroxyl groups excluding tert-OH is 1. The van der Waals surface area contributed by atoms with Crippen LogP contribution in [0.1, 0.15) is 65.7 Å². The quantitative estimate of drug-likeness (QED) is 0.549. The highest BCUT2D eigenvalue weighted by atomic mass is 16.3. The van der Waals surface area contributed by atoms with Crippen LogP contribution in [0.3, 0.4) is 0 Å². The van der Waals surface area contributed by atoms with Gasteiger partial charge in [-0.1, -0.05) is 45.4 Å². The van der Waals surface area contributed by atoms with E-state index in [1.165, 1.54) is 44.9 Å². The Hall–Kier alpha value is -0.0800. The summed E-state index contributed by atoms with van der Waals surface area (Å²) in [5, 5.41) is 8.94. The predicted molar refractivity (Wildman–Crippen MR) is 71.8 cm³/mol. The summed E-state index contributed by atoms with van der Waals surface area (Å²) < 4.78 is 0. The van der Waals surface area contributed by atoms with Crippen molar-refractivity contribution in [2.24, 2.45) is 0 Å². The summed E-state index contributed by atoms with van der Waals surface area (Å²) >= 11 is 0. The molecule has 0 rings (SSSR count). The first-order chi connectivity index (χ1) is 7.72. The van der Waals surface area contributed by atoms with Gasteiger partial charge in [-0.25, -0.2) is 0 Å². The van der Waals surface area contributed by atoms with Crippen LogP contribution in [0.4, 0.5) is 0 Å². The molecule has 2 heteroatoms. The Balaban J connectivity index is 3.33. The second-order valence-corrected chi connectivity index (χ2v) is 4.97. The van der Waals surface area contributed by atoms with Crippen molar-refractivity contribution in [2.45, 2.75) is 71.8 Å². The third-order valence-corrected chi connectivity index (χ3v) is 3.17. The van der Waals surface area contributed by atoms with E-state index in [-0.39, 0.29) is 6.61 Å². The van der Waals surface area contributed by atoms with E-state index >= 15 is 0 Å². The maximum atomic E-state index is 8.94. The second kappa shape index (κ2) is 11.4. The lowest BCUT2D eigenvalue weighted by atomic mass is 10.1. The molecule has 0 heterocycles. The van der Waals surface area contributed by atoms with Crippen molar-refractivity contribution in [1.82, 2.24) is 4.90 Å². The van der Waals surface area contributed by atoms with E-state index in [2.05, 4.69) is 25.7 Å². The molecule has 0 spiro atoms. The van der Waals surface area contributed by atoms with Gasteiger partial charge in [0.1, 0.15) is 0 Å². The standard InChI is InChI=1S/C14H31NO/c1-4-5-6-7-8-9-10-11-15(12-13-16)14(2)3/h14,16H,4-13H2,1-3H3. The van der Waals surface area contributed by atoms with Gasteiger partial charge in [-0.3, -0.25) is 4.90 Å². The van der Waals surface area contributed by atoms with E-state index in [0.29, 0.717) is 6.04 Å². The van der Waals surface area contributed by atoms with Crippen molar-refractivity contribution in [3.8, 4) is 0 Å². The van der Waals surface area contributed by atoms with Crippen LogP contribution in [0.15, 0.2) is 0 Å². The zero-order valence-corrected chi connectivity index (χ0v) is 11.5. The Bertz CT molecular complexity index is 137. The first-order valence-corrected chi connectivity index (χ1v) is 7.07. The zero-order valence-electron chi connectivity index (χ0n) is 11.5. The summed E-state index contributed by atoms with van der Waals surface area (Å²) in [5.41, 5.74) is 0. The predicted octanol–water partition coefficient (Wildman–Crippen LogP) is 3.44. The highest BCUT2D eigenvalue weighted by Crippen LogP contribution is 2.08. The van der Waals surface area contributed by atoms with E-state index in [9.17, 15) is 0 Å². The average molecular weight is 229 g/mol. The molecule has 0 saturated carbocycles. The highest BCUT2D eigenvalue weighted by molar-refractivity contribution is 4.62. The monoisotopic (exact) mass is 229 g/mol. The summed E-state index contributed by atoms with van der Waals surface area (Å²) in [6, 6.07) is 0.562. The number of nitrogens with zero attached hydrogens (tertiary/aromatic N) is 1. The van der Waals surface area contributed by atoms with Crippen LogP contribution in [0, 0.1) is 0 Å². The molecule has 0 fully saturated rings. The van der Waals surface area contributed by atoms with Gasteiger partial charge in [0.05, 0.1) is 6.61 Å². The van der Waals surface area contributed by atoms with Crippen molar-refractivity contribution in [3.05, 3.63) is 0 Å². The lowest BCUT2D eigenvalue weighted by Gasteiger charge is -2.25. The summed E-state index contributed by atoms with van der Waals surface area (Å²) in [5.74, 6) is 0. The SMILES string of the molecule is CCCCCCCCCN(CCO)C(C)C. The van der Waals surface area contributed by atoms with E-state index in [4.69, 9.17) is 5.11 Å². The molecule has 0 aliphatic rings. The summed E-state index contributed by atoms with van der Waals surface area (Å²) in [4.78, 5) is 2.37. The van der Waals surface area contributed by atoms with Crippen LogP contribution in [0.2, 0.25) is 0 Å². The Morgan fingerprint density at radius 2 is 1.44 bits per heavy atom. The number of rotatable bonds is 11. The van der Waals surface area contributed by atoms with Crippen LogP contribution in [0.5, 0.6) is 0 Å². The first kappa shape index (κ1) is 15.9. The Morgan fingerprint density at radius 3 is 1.94 bits per heavy atom. The molecule has 0 aromatic rings. The van der Waals surface area contributed by atoms with Crippen LogP contribution >= 0.6 is 0 Å². The Labute approximate surface area is 102 Å².